The van der Waals surface area contributed by atoms with Crippen molar-refractivity contribution >= 4 is 21.1 Å². The summed E-state index contributed by atoms with van der Waals surface area (Å²) in [7, 11) is -3.75. The second-order valence-corrected chi connectivity index (χ2v) is 8.50. The molecule has 1 aromatic heterocycles. The molecule has 4 nitrogen and oxygen atoms in total. The molecule has 0 amide bonds. The SMILES string of the molecule is Cc1ccc(S(=O)(=O)n2c(Cc3ccccc3)nc3c(C)cccc32)cc1. The number of aryl methyl sites for hydroxylation is 2. The van der Waals surface area contributed by atoms with Crippen LogP contribution in [0.25, 0.3) is 11.0 Å². The number of aromatic nitrogens is 2. The van der Waals surface area contributed by atoms with E-state index in [2.05, 4.69) is 0 Å². The highest BCUT2D eigenvalue weighted by molar-refractivity contribution is 7.90. The third-order valence-corrected chi connectivity index (χ3v) is 6.43. The fourth-order valence-electron chi connectivity index (χ4n) is 3.24. The van der Waals surface area contributed by atoms with Gasteiger partial charge in [-0.15, -0.1) is 0 Å². The summed E-state index contributed by atoms with van der Waals surface area (Å²) >= 11 is 0. The monoisotopic (exact) mass is 376 g/mol. The van der Waals surface area contributed by atoms with Crippen molar-refractivity contribution in [3.8, 4) is 0 Å². The van der Waals surface area contributed by atoms with E-state index in [0.717, 1.165) is 22.2 Å². The number of hydrogen-bond donors (Lipinski definition) is 0. The van der Waals surface area contributed by atoms with E-state index >= 15 is 0 Å². The van der Waals surface area contributed by atoms with Crippen LogP contribution in [-0.2, 0) is 16.4 Å². The van der Waals surface area contributed by atoms with Crippen LogP contribution in [-0.4, -0.2) is 17.4 Å². The maximum atomic E-state index is 13.5. The van der Waals surface area contributed by atoms with Gasteiger partial charge in [-0.1, -0.05) is 60.2 Å². The van der Waals surface area contributed by atoms with E-state index in [1.807, 2.05) is 74.5 Å². The number of hydrogen-bond acceptors (Lipinski definition) is 3. The zero-order valence-corrected chi connectivity index (χ0v) is 16.1. The fraction of sp³-hybridized carbons (Fsp3) is 0.136. The molecular weight excluding hydrogens is 356 g/mol. The molecule has 0 aliphatic heterocycles. The Morgan fingerprint density at radius 1 is 0.852 bits per heavy atom. The average Bonchev–Trinajstić information content (AvgIpc) is 3.03. The predicted molar refractivity (Wildman–Crippen MR) is 107 cm³/mol. The first-order valence-electron chi connectivity index (χ1n) is 8.80. The molecule has 136 valence electrons. The van der Waals surface area contributed by atoms with E-state index in [0.29, 0.717) is 17.8 Å². The van der Waals surface area contributed by atoms with Gasteiger partial charge in [0.05, 0.1) is 15.9 Å². The average molecular weight is 376 g/mol. The third kappa shape index (κ3) is 3.15. The first-order valence-corrected chi connectivity index (χ1v) is 10.2. The molecule has 0 N–H and O–H groups in total. The zero-order chi connectivity index (χ0) is 19.0. The molecule has 4 rings (SSSR count). The molecule has 0 radical (unpaired) electrons. The summed E-state index contributed by atoms with van der Waals surface area (Å²) in [5.41, 5.74) is 4.33. The van der Waals surface area contributed by atoms with Crippen LogP contribution in [0.3, 0.4) is 0 Å². The van der Waals surface area contributed by atoms with Crippen LogP contribution >= 0.6 is 0 Å². The second-order valence-electron chi connectivity index (χ2n) is 6.72. The van der Waals surface area contributed by atoms with Gasteiger partial charge in [-0.2, -0.15) is 0 Å². The highest BCUT2D eigenvalue weighted by atomic mass is 32.2. The van der Waals surface area contributed by atoms with Gasteiger partial charge in [-0.3, -0.25) is 0 Å². The molecule has 0 unspecified atom stereocenters. The number of fused-ring (bicyclic) bond motifs is 1. The van der Waals surface area contributed by atoms with Crippen molar-refractivity contribution in [2.75, 3.05) is 0 Å². The number of rotatable bonds is 4. The molecule has 4 aromatic rings. The van der Waals surface area contributed by atoms with Gasteiger partial charge in [0.15, 0.2) is 0 Å². The number of para-hydroxylation sites is 1. The standard InChI is InChI=1S/C22H20N2O2S/c1-16-11-13-19(14-12-16)27(25,26)24-20-10-6-7-17(2)22(20)23-21(24)15-18-8-4-3-5-9-18/h3-14H,15H2,1-2H3. The van der Waals surface area contributed by atoms with Gasteiger partial charge < -0.3 is 0 Å². The molecule has 1 heterocycles. The van der Waals surface area contributed by atoms with Crippen LogP contribution in [0.15, 0.2) is 77.7 Å². The maximum absolute atomic E-state index is 13.5. The van der Waals surface area contributed by atoms with E-state index in [4.69, 9.17) is 4.98 Å². The van der Waals surface area contributed by atoms with Gasteiger partial charge >= 0.3 is 0 Å². The summed E-state index contributed by atoms with van der Waals surface area (Å²) in [5, 5.41) is 0. The third-order valence-electron chi connectivity index (χ3n) is 4.67. The summed E-state index contributed by atoms with van der Waals surface area (Å²) in [6.07, 6.45) is 0.444. The normalized spacial score (nSPS) is 11.8. The zero-order valence-electron chi connectivity index (χ0n) is 15.3. The Morgan fingerprint density at radius 3 is 2.26 bits per heavy atom. The predicted octanol–water partition coefficient (Wildman–Crippen LogP) is 4.48. The fourth-order valence-corrected chi connectivity index (χ4v) is 4.72. The smallest absolute Gasteiger partial charge is 0.231 e. The van der Waals surface area contributed by atoms with Gasteiger partial charge in [0.2, 0.25) is 0 Å². The largest absolute Gasteiger partial charge is 0.269 e. The van der Waals surface area contributed by atoms with E-state index in [9.17, 15) is 8.42 Å². The minimum atomic E-state index is -3.75. The molecule has 0 fully saturated rings. The Labute approximate surface area is 159 Å². The minimum Gasteiger partial charge on any atom is -0.231 e. The number of benzene rings is 3. The van der Waals surface area contributed by atoms with Crippen molar-refractivity contribution in [1.29, 1.82) is 0 Å². The Bertz CT molecular complexity index is 1210. The van der Waals surface area contributed by atoms with Gasteiger partial charge in [-0.25, -0.2) is 17.4 Å². The summed E-state index contributed by atoms with van der Waals surface area (Å²) in [5.74, 6) is 0.520. The lowest BCUT2D eigenvalue weighted by molar-refractivity contribution is 0.586. The first kappa shape index (κ1) is 17.5. The Kier molecular flexibility index (Phi) is 4.32. The molecule has 0 saturated carbocycles. The number of nitrogens with zero attached hydrogens (tertiary/aromatic N) is 2. The molecule has 0 aliphatic rings. The lowest BCUT2D eigenvalue weighted by atomic mass is 10.1. The molecule has 0 spiro atoms. The summed E-state index contributed by atoms with van der Waals surface area (Å²) in [6, 6.07) is 22.4. The van der Waals surface area contributed by atoms with Gasteiger partial charge in [-0.05, 0) is 43.2 Å². The molecular formula is C22H20N2O2S. The van der Waals surface area contributed by atoms with Gasteiger partial charge in [0.1, 0.15) is 5.82 Å². The Morgan fingerprint density at radius 2 is 1.56 bits per heavy atom. The van der Waals surface area contributed by atoms with E-state index < -0.39 is 10.0 Å². The highest BCUT2D eigenvalue weighted by Crippen LogP contribution is 2.26. The van der Waals surface area contributed by atoms with Crippen LogP contribution in [0.4, 0.5) is 0 Å². The van der Waals surface area contributed by atoms with Crippen molar-refractivity contribution in [2.24, 2.45) is 0 Å². The summed E-state index contributed by atoms with van der Waals surface area (Å²) < 4.78 is 28.3. The molecule has 0 aliphatic carbocycles. The van der Waals surface area contributed by atoms with Crippen LogP contribution in [0.1, 0.15) is 22.5 Å². The minimum absolute atomic E-state index is 0.267. The Balaban J connectivity index is 1.96. The van der Waals surface area contributed by atoms with Crippen molar-refractivity contribution in [2.45, 2.75) is 25.2 Å². The van der Waals surface area contributed by atoms with Crippen molar-refractivity contribution in [1.82, 2.24) is 8.96 Å². The lowest BCUT2D eigenvalue weighted by Gasteiger charge is -2.11. The number of imidazole rings is 1. The van der Waals surface area contributed by atoms with Crippen molar-refractivity contribution in [3.63, 3.8) is 0 Å². The topological polar surface area (TPSA) is 52.0 Å². The van der Waals surface area contributed by atoms with Crippen LogP contribution in [0, 0.1) is 13.8 Å². The molecule has 3 aromatic carbocycles. The van der Waals surface area contributed by atoms with Gasteiger partial charge in [0, 0.05) is 6.42 Å². The highest BCUT2D eigenvalue weighted by Gasteiger charge is 2.24. The lowest BCUT2D eigenvalue weighted by Crippen LogP contribution is -2.16. The summed E-state index contributed by atoms with van der Waals surface area (Å²) in [4.78, 5) is 4.97. The molecule has 0 atom stereocenters. The van der Waals surface area contributed by atoms with E-state index in [-0.39, 0.29) is 4.90 Å². The second kappa shape index (κ2) is 6.67. The van der Waals surface area contributed by atoms with E-state index in [1.165, 1.54) is 3.97 Å². The van der Waals surface area contributed by atoms with Crippen molar-refractivity contribution in [3.05, 3.63) is 95.3 Å². The van der Waals surface area contributed by atoms with Gasteiger partial charge in [0.25, 0.3) is 10.0 Å². The molecule has 0 saturated heterocycles. The van der Waals surface area contributed by atoms with Crippen LogP contribution < -0.4 is 0 Å². The Hall–Kier alpha value is -2.92. The first-order chi connectivity index (χ1) is 13.0. The van der Waals surface area contributed by atoms with Crippen molar-refractivity contribution < 1.29 is 8.42 Å². The quantitative estimate of drug-likeness (QED) is 0.528. The van der Waals surface area contributed by atoms with E-state index in [1.54, 1.807) is 12.1 Å². The summed E-state index contributed by atoms with van der Waals surface area (Å²) in [6.45, 7) is 3.89. The molecule has 5 heteroatoms. The maximum Gasteiger partial charge on any atom is 0.269 e. The molecule has 0 bridgehead atoms. The van der Waals surface area contributed by atoms with Crippen LogP contribution in [0.5, 0.6) is 0 Å². The molecule has 27 heavy (non-hydrogen) atoms. The van der Waals surface area contributed by atoms with Crippen LogP contribution in [0.2, 0.25) is 0 Å².